The molecular formula is C28H32N2O5. The Morgan fingerprint density at radius 2 is 2.06 bits per heavy atom. The van der Waals surface area contributed by atoms with Gasteiger partial charge < -0.3 is 24.3 Å². The molecule has 1 unspecified atom stereocenters. The Morgan fingerprint density at radius 3 is 2.77 bits per heavy atom. The SMILES string of the molecule is Cc1c(C)c2c(c(C)c1O)CCC(C)(CCOc1cc(Cn3ccnc3)ccc1C=CC(=O)O)O2. The van der Waals surface area contributed by atoms with E-state index in [4.69, 9.17) is 14.6 Å². The van der Waals surface area contributed by atoms with E-state index in [0.717, 1.165) is 52.5 Å². The lowest BCUT2D eigenvalue weighted by Gasteiger charge is -2.38. The van der Waals surface area contributed by atoms with Crippen LogP contribution in [0.15, 0.2) is 43.0 Å². The number of carboxylic acid groups (broad SMARTS) is 1. The van der Waals surface area contributed by atoms with Gasteiger partial charge in [-0.25, -0.2) is 9.78 Å². The molecule has 0 bridgehead atoms. The Balaban J connectivity index is 1.50. The average Bonchev–Trinajstić information content (AvgIpc) is 3.33. The third kappa shape index (κ3) is 5.34. The van der Waals surface area contributed by atoms with Gasteiger partial charge in [-0.05, 0) is 74.9 Å². The summed E-state index contributed by atoms with van der Waals surface area (Å²) in [5.41, 5.74) is 5.14. The van der Waals surface area contributed by atoms with Gasteiger partial charge >= 0.3 is 5.97 Å². The second-order valence-corrected chi connectivity index (χ2v) is 9.46. The molecule has 35 heavy (non-hydrogen) atoms. The summed E-state index contributed by atoms with van der Waals surface area (Å²) in [6.45, 7) is 9.00. The number of fused-ring (bicyclic) bond motifs is 1. The van der Waals surface area contributed by atoms with Crippen molar-refractivity contribution in [3.8, 4) is 17.2 Å². The van der Waals surface area contributed by atoms with Gasteiger partial charge in [-0.1, -0.05) is 12.1 Å². The van der Waals surface area contributed by atoms with Gasteiger partial charge in [0.2, 0.25) is 0 Å². The second kappa shape index (κ2) is 9.86. The number of nitrogens with zero attached hydrogens (tertiary/aromatic N) is 2. The fraction of sp³-hybridized carbons (Fsp3) is 0.357. The van der Waals surface area contributed by atoms with Crippen molar-refractivity contribution in [3.63, 3.8) is 0 Å². The highest BCUT2D eigenvalue weighted by Gasteiger charge is 2.34. The number of benzene rings is 2. The number of aliphatic carboxylic acids is 1. The van der Waals surface area contributed by atoms with E-state index in [0.29, 0.717) is 36.6 Å². The van der Waals surface area contributed by atoms with E-state index in [-0.39, 0.29) is 0 Å². The monoisotopic (exact) mass is 476 g/mol. The lowest BCUT2D eigenvalue weighted by molar-refractivity contribution is -0.131. The summed E-state index contributed by atoms with van der Waals surface area (Å²) >= 11 is 0. The first-order chi connectivity index (χ1) is 16.7. The van der Waals surface area contributed by atoms with Crippen molar-refractivity contribution in [3.05, 3.63) is 76.4 Å². The lowest BCUT2D eigenvalue weighted by Crippen LogP contribution is -2.38. The number of hydrogen-bond acceptors (Lipinski definition) is 5. The number of aromatic hydroxyl groups is 1. The summed E-state index contributed by atoms with van der Waals surface area (Å²) in [6, 6.07) is 5.78. The molecule has 4 rings (SSSR count). The van der Waals surface area contributed by atoms with Gasteiger partial charge in [0.05, 0.1) is 12.9 Å². The Kier molecular flexibility index (Phi) is 6.87. The highest BCUT2D eigenvalue weighted by molar-refractivity contribution is 5.85. The van der Waals surface area contributed by atoms with Crippen LogP contribution in [0, 0.1) is 20.8 Å². The fourth-order valence-electron chi connectivity index (χ4n) is 4.54. The number of phenols is 1. The highest BCUT2D eigenvalue weighted by atomic mass is 16.5. The molecule has 184 valence electrons. The number of ether oxygens (including phenoxy) is 2. The van der Waals surface area contributed by atoms with E-state index >= 15 is 0 Å². The predicted octanol–water partition coefficient (Wildman–Crippen LogP) is 5.21. The summed E-state index contributed by atoms with van der Waals surface area (Å²) < 4.78 is 14.7. The van der Waals surface area contributed by atoms with Crippen LogP contribution >= 0.6 is 0 Å². The summed E-state index contributed by atoms with van der Waals surface area (Å²) in [4.78, 5) is 15.1. The summed E-state index contributed by atoms with van der Waals surface area (Å²) in [7, 11) is 0. The molecule has 7 heteroatoms. The van der Waals surface area contributed by atoms with Crippen molar-refractivity contribution in [2.24, 2.45) is 0 Å². The standard InChI is InChI=1S/C28H32N2O5/c1-18-19(2)27-23(20(3)26(18)33)9-10-28(4,35-27)11-14-34-24-15-21(16-30-13-12-29-17-30)5-6-22(24)7-8-25(31)32/h5-8,12-13,15,17,33H,9-11,14,16H2,1-4H3,(H,31,32). The maximum absolute atomic E-state index is 11.1. The molecule has 0 aliphatic carbocycles. The topological polar surface area (TPSA) is 93.8 Å². The maximum Gasteiger partial charge on any atom is 0.328 e. The number of rotatable bonds is 8. The summed E-state index contributed by atoms with van der Waals surface area (Å²) in [5.74, 6) is 0.855. The van der Waals surface area contributed by atoms with Crippen molar-refractivity contribution >= 4 is 12.0 Å². The van der Waals surface area contributed by atoms with E-state index in [9.17, 15) is 9.90 Å². The average molecular weight is 477 g/mol. The minimum Gasteiger partial charge on any atom is -0.507 e. The van der Waals surface area contributed by atoms with Crippen molar-refractivity contribution < 1.29 is 24.5 Å². The number of imidazole rings is 1. The number of phenolic OH excluding ortho intramolecular Hbond substituents is 1. The molecule has 0 spiro atoms. The van der Waals surface area contributed by atoms with Crippen LogP contribution in [-0.4, -0.2) is 37.9 Å². The largest absolute Gasteiger partial charge is 0.507 e. The van der Waals surface area contributed by atoms with Crippen LogP contribution < -0.4 is 9.47 Å². The Morgan fingerprint density at radius 1 is 1.26 bits per heavy atom. The van der Waals surface area contributed by atoms with E-state index in [1.54, 1.807) is 18.6 Å². The van der Waals surface area contributed by atoms with Crippen LogP contribution in [0.5, 0.6) is 17.2 Å². The molecule has 3 aromatic rings. The Bertz CT molecular complexity index is 1260. The molecule has 0 fully saturated rings. The van der Waals surface area contributed by atoms with Gasteiger partial charge in [-0.15, -0.1) is 0 Å². The minimum atomic E-state index is -1.01. The molecule has 1 aliphatic heterocycles. The molecule has 2 aromatic carbocycles. The smallest absolute Gasteiger partial charge is 0.328 e. The molecule has 0 saturated heterocycles. The zero-order valence-corrected chi connectivity index (χ0v) is 20.7. The first-order valence-electron chi connectivity index (χ1n) is 11.8. The van der Waals surface area contributed by atoms with Crippen LogP contribution in [0.4, 0.5) is 0 Å². The third-order valence-electron chi connectivity index (χ3n) is 6.89. The molecule has 7 nitrogen and oxygen atoms in total. The van der Waals surface area contributed by atoms with Gasteiger partial charge in [0, 0.05) is 42.6 Å². The molecule has 2 heterocycles. The molecule has 1 atom stereocenters. The van der Waals surface area contributed by atoms with E-state index < -0.39 is 11.6 Å². The normalized spacial score (nSPS) is 17.3. The van der Waals surface area contributed by atoms with Crippen molar-refractivity contribution in [2.45, 2.75) is 59.1 Å². The zero-order valence-electron chi connectivity index (χ0n) is 20.7. The summed E-state index contributed by atoms with van der Waals surface area (Å²) in [5, 5.41) is 19.5. The van der Waals surface area contributed by atoms with Crippen molar-refractivity contribution in [1.29, 1.82) is 0 Å². The lowest BCUT2D eigenvalue weighted by atomic mass is 9.86. The molecular weight excluding hydrogens is 444 g/mol. The van der Waals surface area contributed by atoms with E-state index in [2.05, 4.69) is 11.9 Å². The maximum atomic E-state index is 11.1. The molecule has 0 saturated carbocycles. The van der Waals surface area contributed by atoms with E-state index in [1.807, 2.05) is 49.7 Å². The van der Waals surface area contributed by atoms with Crippen LogP contribution in [0.3, 0.4) is 0 Å². The molecule has 2 N–H and O–H groups in total. The Hall–Kier alpha value is -3.74. The zero-order chi connectivity index (χ0) is 25.2. The van der Waals surface area contributed by atoms with Gasteiger partial charge in [0.1, 0.15) is 22.8 Å². The third-order valence-corrected chi connectivity index (χ3v) is 6.89. The Labute approximate surface area is 205 Å². The van der Waals surface area contributed by atoms with Crippen LogP contribution in [-0.2, 0) is 17.8 Å². The van der Waals surface area contributed by atoms with Gasteiger partial charge in [0.25, 0.3) is 0 Å². The van der Waals surface area contributed by atoms with Gasteiger partial charge in [0.15, 0.2) is 0 Å². The first kappa shape index (κ1) is 24.4. The van der Waals surface area contributed by atoms with Crippen LogP contribution in [0.25, 0.3) is 6.08 Å². The van der Waals surface area contributed by atoms with E-state index in [1.165, 1.54) is 0 Å². The van der Waals surface area contributed by atoms with Gasteiger partial charge in [-0.2, -0.15) is 0 Å². The first-order valence-corrected chi connectivity index (χ1v) is 11.8. The minimum absolute atomic E-state index is 0.356. The fourth-order valence-corrected chi connectivity index (χ4v) is 4.54. The number of aromatic nitrogens is 2. The van der Waals surface area contributed by atoms with Crippen molar-refractivity contribution in [1.82, 2.24) is 9.55 Å². The summed E-state index contributed by atoms with van der Waals surface area (Å²) in [6.07, 6.45) is 10.4. The van der Waals surface area contributed by atoms with Crippen molar-refractivity contribution in [2.75, 3.05) is 6.61 Å². The van der Waals surface area contributed by atoms with Crippen LogP contribution in [0.1, 0.15) is 53.1 Å². The highest BCUT2D eigenvalue weighted by Crippen LogP contribution is 2.44. The second-order valence-electron chi connectivity index (χ2n) is 9.46. The molecule has 0 amide bonds. The number of hydrogen-bond donors (Lipinski definition) is 2. The number of carboxylic acids is 1. The molecule has 1 aromatic heterocycles. The quantitative estimate of drug-likeness (QED) is 0.433. The van der Waals surface area contributed by atoms with Crippen LogP contribution in [0.2, 0.25) is 0 Å². The van der Waals surface area contributed by atoms with Gasteiger partial charge in [-0.3, -0.25) is 0 Å². The molecule has 1 aliphatic rings. The molecule has 0 radical (unpaired) electrons. The number of carbonyl (C=O) groups is 1. The predicted molar refractivity (Wildman–Crippen MR) is 134 cm³/mol.